The van der Waals surface area contributed by atoms with Crippen LogP contribution in [0.5, 0.6) is 0 Å². The number of aliphatic hydroxyl groups excluding tert-OH is 1. The van der Waals surface area contributed by atoms with Crippen LogP contribution in [0.15, 0.2) is 35.5 Å². The fraction of sp³-hybridized carbons (Fsp3) is 0.143. The van der Waals surface area contributed by atoms with Gasteiger partial charge in [0.25, 0.3) is 0 Å². The summed E-state index contributed by atoms with van der Waals surface area (Å²) in [6.45, 7) is 0. The molecule has 11 heavy (non-hydrogen) atoms. The van der Waals surface area contributed by atoms with Gasteiger partial charge in [-0.15, -0.1) is 0 Å². The Morgan fingerprint density at radius 3 is 2.45 bits per heavy atom. The minimum atomic E-state index is -1.41. The van der Waals surface area contributed by atoms with E-state index in [1.54, 1.807) is 18.2 Å². The molecule has 0 unspecified atom stereocenters. The molecule has 0 saturated carbocycles. The molecule has 4 heteroatoms. The lowest BCUT2D eigenvalue weighted by atomic mass is 9.76. The minimum Gasteiger partial charge on any atom is -0.515 e. The molecule has 0 atom stereocenters. The van der Waals surface area contributed by atoms with Crippen LogP contribution in [0.3, 0.4) is 0 Å². The van der Waals surface area contributed by atoms with Gasteiger partial charge in [-0.2, -0.15) is 0 Å². The van der Waals surface area contributed by atoms with E-state index in [0.717, 1.165) is 11.8 Å². The van der Waals surface area contributed by atoms with Crippen LogP contribution in [0, 0.1) is 0 Å². The predicted octanol–water partition coefficient (Wildman–Crippen LogP) is 0.327. The fourth-order valence-corrected chi connectivity index (χ4v) is 0.862. The van der Waals surface area contributed by atoms with Gasteiger partial charge < -0.3 is 15.2 Å². The summed E-state index contributed by atoms with van der Waals surface area (Å²) in [7, 11) is -1.41. The third-order valence-electron chi connectivity index (χ3n) is 1.53. The van der Waals surface area contributed by atoms with Crippen molar-refractivity contribution in [3.05, 3.63) is 35.5 Å². The zero-order chi connectivity index (χ0) is 8.27. The van der Waals surface area contributed by atoms with E-state index < -0.39 is 7.12 Å². The Morgan fingerprint density at radius 2 is 2.09 bits per heavy atom. The number of allylic oxidation sites excluding steroid dienone is 5. The summed E-state index contributed by atoms with van der Waals surface area (Å²) < 4.78 is 0. The van der Waals surface area contributed by atoms with Gasteiger partial charge in [0.1, 0.15) is 0 Å². The topological polar surface area (TPSA) is 60.7 Å². The molecule has 1 aliphatic carbocycles. The number of rotatable bonds is 1. The van der Waals surface area contributed by atoms with E-state index in [0.29, 0.717) is 11.9 Å². The van der Waals surface area contributed by atoms with Crippen molar-refractivity contribution in [2.75, 3.05) is 0 Å². The second-order valence-electron chi connectivity index (χ2n) is 2.32. The maximum atomic E-state index is 8.69. The monoisotopic (exact) mass is 152 g/mol. The molecule has 1 aliphatic rings. The van der Waals surface area contributed by atoms with Crippen LogP contribution >= 0.6 is 0 Å². The quantitative estimate of drug-likeness (QED) is 0.374. The Balaban J connectivity index is 2.67. The van der Waals surface area contributed by atoms with Gasteiger partial charge in [-0.05, 0) is 17.5 Å². The molecule has 0 aromatic carbocycles. The molecule has 0 aromatic heterocycles. The van der Waals surface area contributed by atoms with Crippen LogP contribution in [0.2, 0.25) is 0 Å². The summed E-state index contributed by atoms with van der Waals surface area (Å²) in [4.78, 5) is 0. The second-order valence-corrected chi connectivity index (χ2v) is 2.32. The van der Waals surface area contributed by atoms with E-state index >= 15 is 0 Å². The van der Waals surface area contributed by atoms with Crippen molar-refractivity contribution in [3.63, 3.8) is 0 Å². The molecular formula is C7H9BO3. The smallest absolute Gasteiger partial charge is 0.488 e. The standard InChI is InChI=1S/C7H9BO3/c9-5-6-1-3-7(4-2-6)8(10)11/h1,3-5,9-11H,2H2. The van der Waals surface area contributed by atoms with Crippen LogP contribution in [0.25, 0.3) is 0 Å². The Kier molecular flexibility index (Phi) is 2.51. The molecule has 0 saturated heterocycles. The van der Waals surface area contributed by atoms with Crippen molar-refractivity contribution in [2.24, 2.45) is 0 Å². The van der Waals surface area contributed by atoms with Gasteiger partial charge in [-0.3, -0.25) is 0 Å². The highest BCUT2D eigenvalue weighted by Crippen LogP contribution is 2.14. The molecule has 3 nitrogen and oxygen atoms in total. The van der Waals surface area contributed by atoms with E-state index in [4.69, 9.17) is 15.2 Å². The molecule has 0 amide bonds. The SMILES string of the molecule is OC=C1C=CC(B(O)O)=CC1. The Hall–Kier alpha value is -0.995. The highest BCUT2D eigenvalue weighted by molar-refractivity contribution is 6.51. The molecule has 0 fully saturated rings. The van der Waals surface area contributed by atoms with Crippen LogP contribution < -0.4 is 0 Å². The molecule has 0 aromatic rings. The Labute approximate surface area is 65.1 Å². The van der Waals surface area contributed by atoms with E-state index in [2.05, 4.69) is 0 Å². The maximum absolute atomic E-state index is 8.69. The van der Waals surface area contributed by atoms with Crippen molar-refractivity contribution in [2.45, 2.75) is 6.42 Å². The third-order valence-corrected chi connectivity index (χ3v) is 1.53. The highest BCUT2D eigenvalue weighted by atomic mass is 16.4. The predicted molar refractivity (Wildman–Crippen MR) is 42.7 cm³/mol. The molecule has 1 rings (SSSR count). The third kappa shape index (κ3) is 1.96. The van der Waals surface area contributed by atoms with Crippen LogP contribution in [0.1, 0.15) is 6.42 Å². The number of aliphatic hydroxyl groups is 1. The van der Waals surface area contributed by atoms with Crippen molar-refractivity contribution in [1.82, 2.24) is 0 Å². The van der Waals surface area contributed by atoms with E-state index in [9.17, 15) is 0 Å². The van der Waals surface area contributed by atoms with Crippen LogP contribution in [-0.2, 0) is 0 Å². The molecule has 0 aliphatic heterocycles. The summed E-state index contributed by atoms with van der Waals surface area (Å²) in [5.74, 6) is 0. The number of hydrogen-bond acceptors (Lipinski definition) is 3. The van der Waals surface area contributed by atoms with E-state index in [1.165, 1.54) is 0 Å². The van der Waals surface area contributed by atoms with Gasteiger partial charge >= 0.3 is 7.12 Å². The van der Waals surface area contributed by atoms with Crippen LogP contribution in [0.4, 0.5) is 0 Å². The van der Waals surface area contributed by atoms with Crippen molar-refractivity contribution in [3.8, 4) is 0 Å². The van der Waals surface area contributed by atoms with Gasteiger partial charge in [0.05, 0.1) is 6.26 Å². The Bertz CT molecular complexity index is 228. The zero-order valence-electron chi connectivity index (χ0n) is 5.94. The first kappa shape index (κ1) is 8.10. The molecule has 0 spiro atoms. The van der Waals surface area contributed by atoms with Gasteiger partial charge in [-0.25, -0.2) is 0 Å². The van der Waals surface area contributed by atoms with E-state index in [1.807, 2.05) is 0 Å². The van der Waals surface area contributed by atoms with Gasteiger partial charge in [0, 0.05) is 0 Å². The van der Waals surface area contributed by atoms with Gasteiger partial charge in [0.2, 0.25) is 0 Å². The lowest BCUT2D eigenvalue weighted by Gasteiger charge is -2.06. The highest BCUT2D eigenvalue weighted by Gasteiger charge is 2.13. The molecule has 3 N–H and O–H groups in total. The van der Waals surface area contributed by atoms with Crippen molar-refractivity contribution in [1.29, 1.82) is 0 Å². The number of hydrogen-bond donors (Lipinski definition) is 3. The first-order chi connectivity index (χ1) is 5.24. The summed E-state index contributed by atoms with van der Waals surface area (Å²) in [5.41, 5.74) is 1.23. The first-order valence-corrected chi connectivity index (χ1v) is 3.31. The molecule has 0 heterocycles. The molecular weight excluding hydrogens is 143 g/mol. The fourth-order valence-electron chi connectivity index (χ4n) is 0.862. The zero-order valence-corrected chi connectivity index (χ0v) is 5.94. The van der Waals surface area contributed by atoms with Crippen LogP contribution in [-0.4, -0.2) is 22.3 Å². The summed E-state index contributed by atoms with van der Waals surface area (Å²) >= 11 is 0. The normalized spacial score (nSPS) is 20.2. The van der Waals surface area contributed by atoms with Gasteiger partial charge in [0.15, 0.2) is 0 Å². The summed E-state index contributed by atoms with van der Waals surface area (Å²) in [6, 6.07) is 0. The van der Waals surface area contributed by atoms with Crippen molar-refractivity contribution < 1.29 is 15.2 Å². The van der Waals surface area contributed by atoms with Gasteiger partial charge in [-0.1, -0.05) is 18.2 Å². The molecule has 0 bridgehead atoms. The first-order valence-electron chi connectivity index (χ1n) is 3.31. The van der Waals surface area contributed by atoms with E-state index in [-0.39, 0.29) is 0 Å². The average molecular weight is 152 g/mol. The summed E-state index contributed by atoms with van der Waals surface area (Å²) in [6.07, 6.45) is 6.42. The molecule has 0 radical (unpaired) electrons. The maximum Gasteiger partial charge on any atom is 0.488 e. The molecule has 58 valence electrons. The largest absolute Gasteiger partial charge is 0.515 e. The Morgan fingerprint density at radius 1 is 1.36 bits per heavy atom. The second kappa shape index (κ2) is 3.41. The minimum absolute atomic E-state index is 0.468. The van der Waals surface area contributed by atoms with Crippen molar-refractivity contribution >= 4 is 7.12 Å². The lowest BCUT2D eigenvalue weighted by Crippen LogP contribution is -2.14. The summed E-state index contributed by atoms with van der Waals surface area (Å²) in [5, 5.41) is 25.9. The lowest BCUT2D eigenvalue weighted by molar-refractivity contribution is 0.420. The average Bonchev–Trinajstić information content (AvgIpc) is 2.05.